The minimum absolute atomic E-state index is 0.114. The zero-order valence-corrected chi connectivity index (χ0v) is 21.2. The lowest BCUT2D eigenvalue weighted by atomic mass is 10.0. The number of imide groups is 2. The van der Waals surface area contributed by atoms with Crippen LogP contribution in [0.3, 0.4) is 0 Å². The molecule has 1 fully saturated rings. The molecule has 0 saturated carbocycles. The van der Waals surface area contributed by atoms with Gasteiger partial charge in [0.25, 0.3) is 11.8 Å². The van der Waals surface area contributed by atoms with E-state index in [1.807, 2.05) is 19.9 Å². The maximum atomic E-state index is 13.2. The molecule has 1 saturated heterocycles. The van der Waals surface area contributed by atoms with Crippen LogP contribution in [0.1, 0.15) is 22.3 Å². The van der Waals surface area contributed by atoms with E-state index in [0.717, 1.165) is 16.0 Å². The van der Waals surface area contributed by atoms with Crippen LogP contribution < -0.4 is 19.7 Å². The number of aryl methyl sites for hydroxylation is 2. The normalized spacial score (nSPS) is 14.8. The van der Waals surface area contributed by atoms with Gasteiger partial charge in [0, 0.05) is 15.6 Å². The van der Waals surface area contributed by atoms with Crippen LogP contribution in [0.25, 0.3) is 6.08 Å². The van der Waals surface area contributed by atoms with Gasteiger partial charge in [-0.3, -0.25) is 14.9 Å². The summed E-state index contributed by atoms with van der Waals surface area (Å²) < 4.78 is 11.3. The summed E-state index contributed by atoms with van der Waals surface area (Å²) >= 11 is 12.4. The number of hydrogen-bond donors (Lipinski definition) is 1. The van der Waals surface area contributed by atoms with Crippen molar-refractivity contribution in [2.24, 2.45) is 0 Å². The minimum Gasteiger partial charge on any atom is -0.493 e. The van der Waals surface area contributed by atoms with Crippen LogP contribution in [0, 0.1) is 13.8 Å². The smallest absolute Gasteiger partial charge is 0.335 e. The van der Waals surface area contributed by atoms with E-state index in [4.69, 9.17) is 32.7 Å². The number of methoxy groups -OCH3 is 1. The molecule has 1 aliphatic heterocycles. The Kier molecular flexibility index (Phi) is 7.33. The number of carbonyl (C=O) groups is 3. The summed E-state index contributed by atoms with van der Waals surface area (Å²) in [6.45, 7) is 3.92. The SMILES string of the molecule is COc1cc(/C=C2\C(=O)NC(=O)N(c3ccc(C)c(C)c3)C2=O)ccc1OCc1c(Cl)cccc1Cl. The molecule has 0 unspecified atom stereocenters. The van der Waals surface area contributed by atoms with Crippen LogP contribution in [0.2, 0.25) is 10.0 Å². The second-order valence-electron chi connectivity index (χ2n) is 8.13. The fourth-order valence-electron chi connectivity index (χ4n) is 3.64. The van der Waals surface area contributed by atoms with Gasteiger partial charge in [-0.25, -0.2) is 9.69 Å². The van der Waals surface area contributed by atoms with Gasteiger partial charge >= 0.3 is 6.03 Å². The van der Waals surface area contributed by atoms with Crippen LogP contribution in [-0.2, 0) is 16.2 Å². The molecule has 3 aromatic rings. The second kappa shape index (κ2) is 10.4. The minimum atomic E-state index is -0.801. The molecule has 1 N–H and O–H groups in total. The van der Waals surface area contributed by atoms with Crippen molar-refractivity contribution in [3.05, 3.63) is 92.5 Å². The van der Waals surface area contributed by atoms with Crippen LogP contribution in [-0.4, -0.2) is 25.0 Å². The Labute approximate surface area is 218 Å². The van der Waals surface area contributed by atoms with Crippen LogP contribution in [0.5, 0.6) is 11.5 Å². The number of anilines is 1. The van der Waals surface area contributed by atoms with Crippen molar-refractivity contribution in [1.29, 1.82) is 0 Å². The van der Waals surface area contributed by atoms with E-state index in [-0.39, 0.29) is 12.2 Å². The van der Waals surface area contributed by atoms with Crippen molar-refractivity contribution in [2.45, 2.75) is 20.5 Å². The van der Waals surface area contributed by atoms with Crippen molar-refractivity contribution in [1.82, 2.24) is 5.32 Å². The van der Waals surface area contributed by atoms with Crippen molar-refractivity contribution in [2.75, 3.05) is 12.0 Å². The molecular weight excluding hydrogens is 503 g/mol. The Balaban J connectivity index is 1.61. The number of halogens is 2. The Morgan fingerprint density at radius 3 is 2.31 bits per heavy atom. The van der Waals surface area contributed by atoms with E-state index < -0.39 is 17.8 Å². The molecule has 0 aromatic heterocycles. The molecule has 0 atom stereocenters. The van der Waals surface area contributed by atoms with Crippen molar-refractivity contribution in [3.8, 4) is 11.5 Å². The van der Waals surface area contributed by atoms with E-state index in [1.54, 1.807) is 48.5 Å². The van der Waals surface area contributed by atoms with Gasteiger partial charge in [0.15, 0.2) is 11.5 Å². The second-order valence-corrected chi connectivity index (χ2v) is 8.94. The quantitative estimate of drug-likeness (QED) is 0.322. The highest BCUT2D eigenvalue weighted by atomic mass is 35.5. The predicted octanol–water partition coefficient (Wildman–Crippen LogP) is 5.86. The summed E-state index contributed by atoms with van der Waals surface area (Å²) in [6, 6.07) is 14.5. The first-order chi connectivity index (χ1) is 17.2. The van der Waals surface area contributed by atoms with Gasteiger partial charge in [0.05, 0.1) is 12.8 Å². The maximum Gasteiger partial charge on any atom is 0.335 e. The average Bonchev–Trinajstić information content (AvgIpc) is 2.84. The van der Waals surface area contributed by atoms with Crippen molar-refractivity contribution in [3.63, 3.8) is 0 Å². The first-order valence-electron chi connectivity index (χ1n) is 10.9. The van der Waals surface area contributed by atoms with E-state index in [2.05, 4.69) is 5.32 Å². The van der Waals surface area contributed by atoms with Crippen LogP contribution >= 0.6 is 23.2 Å². The first-order valence-corrected chi connectivity index (χ1v) is 11.7. The molecule has 0 spiro atoms. The Hall–Kier alpha value is -3.81. The molecule has 36 heavy (non-hydrogen) atoms. The summed E-state index contributed by atoms with van der Waals surface area (Å²) in [5.74, 6) is -0.710. The third-order valence-electron chi connectivity index (χ3n) is 5.78. The standard InChI is InChI=1S/C27H22Cl2N2O5/c1-15-7-9-18(11-16(15)2)31-26(33)19(25(32)30-27(31)34)12-17-8-10-23(24(13-17)35-3)36-14-20-21(28)5-4-6-22(20)29/h4-13H,14H2,1-3H3,(H,30,32,34)/b19-12+. The van der Waals surface area contributed by atoms with Crippen LogP contribution in [0.4, 0.5) is 10.5 Å². The number of nitrogens with zero attached hydrogens (tertiary/aromatic N) is 1. The van der Waals surface area contributed by atoms with E-state index >= 15 is 0 Å². The molecule has 3 aromatic carbocycles. The highest BCUT2D eigenvalue weighted by molar-refractivity contribution is 6.39. The lowest BCUT2D eigenvalue weighted by molar-refractivity contribution is -0.122. The van der Waals surface area contributed by atoms with Crippen LogP contribution in [0.15, 0.2) is 60.2 Å². The van der Waals surface area contributed by atoms with Gasteiger partial charge in [-0.1, -0.05) is 41.4 Å². The summed E-state index contributed by atoms with van der Waals surface area (Å²) in [4.78, 5) is 39.1. The molecule has 7 nitrogen and oxygen atoms in total. The number of nitrogens with one attached hydrogen (secondary N) is 1. The average molecular weight is 525 g/mol. The number of barbiturate groups is 1. The molecule has 1 heterocycles. The van der Waals surface area contributed by atoms with E-state index in [9.17, 15) is 14.4 Å². The largest absolute Gasteiger partial charge is 0.493 e. The maximum absolute atomic E-state index is 13.2. The molecule has 9 heteroatoms. The van der Waals surface area contributed by atoms with Crippen molar-refractivity contribution < 1.29 is 23.9 Å². The zero-order valence-electron chi connectivity index (χ0n) is 19.7. The lowest BCUT2D eigenvalue weighted by Gasteiger charge is -2.26. The summed E-state index contributed by atoms with van der Waals surface area (Å²) in [5.41, 5.74) is 3.25. The number of amides is 4. The number of benzene rings is 3. The molecule has 4 amide bonds. The number of ether oxygens (including phenoxy) is 2. The lowest BCUT2D eigenvalue weighted by Crippen LogP contribution is -2.54. The zero-order chi connectivity index (χ0) is 26.0. The fourth-order valence-corrected chi connectivity index (χ4v) is 4.14. The van der Waals surface area contributed by atoms with Gasteiger partial charge in [-0.2, -0.15) is 0 Å². The summed E-state index contributed by atoms with van der Waals surface area (Å²) in [5, 5.41) is 3.19. The molecule has 0 radical (unpaired) electrons. The third-order valence-corrected chi connectivity index (χ3v) is 6.49. The van der Waals surface area contributed by atoms with Crippen molar-refractivity contribution >= 4 is 52.8 Å². The molecular formula is C27H22Cl2N2O5. The molecule has 4 rings (SSSR count). The fraction of sp³-hybridized carbons (Fsp3) is 0.148. The van der Waals surface area contributed by atoms with Gasteiger partial charge in [-0.05, 0) is 73.0 Å². The number of rotatable bonds is 6. The molecule has 0 aliphatic carbocycles. The number of urea groups is 1. The summed E-state index contributed by atoms with van der Waals surface area (Å²) in [6.07, 6.45) is 1.40. The first kappa shape index (κ1) is 25.3. The Morgan fingerprint density at radius 1 is 0.917 bits per heavy atom. The topological polar surface area (TPSA) is 84.9 Å². The van der Waals surface area contributed by atoms with E-state index in [1.165, 1.54) is 13.2 Å². The predicted molar refractivity (Wildman–Crippen MR) is 139 cm³/mol. The summed E-state index contributed by atoms with van der Waals surface area (Å²) in [7, 11) is 1.47. The molecule has 184 valence electrons. The van der Waals surface area contributed by atoms with E-state index in [0.29, 0.717) is 38.4 Å². The number of carbonyl (C=O) groups excluding carboxylic acids is 3. The molecule has 1 aliphatic rings. The van der Waals surface area contributed by atoms with Gasteiger partial charge in [0.1, 0.15) is 12.2 Å². The monoisotopic (exact) mass is 524 g/mol. The van der Waals surface area contributed by atoms with Gasteiger partial charge in [-0.15, -0.1) is 0 Å². The Bertz CT molecular complexity index is 1400. The van der Waals surface area contributed by atoms with Gasteiger partial charge in [0.2, 0.25) is 0 Å². The Morgan fingerprint density at radius 2 is 1.64 bits per heavy atom. The molecule has 0 bridgehead atoms. The van der Waals surface area contributed by atoms with Gasteiger partial charge < -0.3 is 9.47 Å². The third kappa shape index (κ3) is 5.08. The highest BCUT2D eigenvalue weighted by Gasteiger charge is 2.37. The highest BCUT2D eigenvalue weighted by Crippen LogP contribution is 2.32. The number of hydrogen-bond acceptors (Lipinski definition) is 5.